The maximum absolute atomic E-state index is 12.3. The highest BCUT2D eigenvalue weighted by molar-refractivity contribution is 5.98. The van der Waals surface area contributed by atoms with Gasteiger partial charge in [-0.05, 0) is 54.5 Å². The Morgan fingerprint density at radius 2 is 2.05 bits per heavy atom. The van der Waals surface area contributed by atoms with E-state index in [0.717, 1.165) is 23.1 Å². The zero-order valence-electron chi connectivity index (χ0n) is 11.1. The number of nitrogens with zero attached hydrogens (tertiary/aromatic N) is 1. The number of carbonyl (C=O) groups is 1. The molecule has 0 unspecified atom stereocenters. The molecule has 0 saturated carbocycles. The number of pyridine rings is 1. The maximum atomic E-state index is 12.3. The average molecular weight is 251 g/mol. The lowest BCUT2D eigenvalue weighted by Gasteiger charge is -2.06. The van der Waals surface area contributed by atoms with Gasteiger partial charge in [0.05, 0.1) is 0 Å². The molecule has 1 aromatic heterocycles. The second-order valence-electron chi connectivity index (χ2n) is 5.25. The van der Waals surface area contributed by atoms with E-state index < -0.39 is 0 Å². The Kier molecular flexibility index (Phi) is 3.16. The molecule has 1 aliphatic rings. The van der Waals surface area contributed by atoms with Crippen molar-refractivity contribution in [1.29, 1.82) is 0 Å². The van der Waals surface area contributed by atoms with Crippen molar-refractivity contribution >= 4 is 5.78 Å². The quantitative estimate of drug-likeness (QED) is 0.783. The Bertz CT molecular complexity index is 631. The topological polar surface area (TPSA) is 30.0 Å². The molecule has 3 rings (SSSR count). The van der Waals surface area contributed by atoms with Crippen molar-refractivity contribution in [3.05, 3.63) is 64.5 Å². The van der Waals surface area contributed by atoms with Crippen LogP contribution in [0.4, 0.5) is 0 Å². The zero-order chi connectivity index (χ0) is 13.2. The normalized spacial score (nSPS) is 13.3. The lowest BCUT2D eigenvalue weighted by Crippen LogP contribution is -2.06. The summed E-state index contributed by atoms with van der Waals surface area (Å²) in [5, 5.41) is 0. The minimum Gasteiger partial charge on any atom is -0.294 e. The average Bonchev–Trinajstić information content (AvgIpc) is 2.86. The van der Waals surface area contributed by atoms with Crippen LogP contribution in [0.3, 0.4) is 0 Å². The second kappa shape index (κ2) is 4.96. The number of rotatable bonds is 3. The smallest absolute Gasteiger partial charge is 0.169 e. The molecule has 96 valence electrons. The third-order valence-electron chi connectivity index (χ3n) is 3.87. The fourth-order valence-corrected chi connectivity index (χ4v) is 2.77. The number of aryl methyl sites for hydroxylation is 3. The molecular formula is C17H17NO. The Hall–Kier alpha value is -1.96. The van der Waals surface area contributed by atoms with Crippen LogP contribution in [0.5, 0.6) is 0 Å². The van der Waals surface area contributed by atoms with Gasteiger partial charge >= 0.3 is 0 Å². The predicted octanol–water partition coefficient (Wildman–Crippen LogP) is 3.30. The van der Waals surface area contributed by atoms with Gasteiger partial charge in [-0.3, -0.25) is 9.78 Å². The number of hydrogen-bond acceptors (Lipinski definition) is 2. The summed E-state index contributed by atoms with van der Waals surface area (Å²) >= 11 is 0. The first-order valence-electron chi connectivity index (χ1n) is 6.78. The first-order valence-corrected chi connectivity index (χ1v) is 6.78. The molecule has 0 bridgehead atoms. The number of benzene rings is 1. The van der Waals surface area contributed by atoms with Crippen LogP contribution in [0.2, 0.25) is 0 Å². The molecule has 0 atom stereocenters. The predicted molar refractivity (Wildman–Crippen MR) is 75.5 cm³/mol. The van der Waals surface area contributed by atoms with Gasteiger partial charge in [-0.15, -0.1) is 0 Å². The van der Waals surface area contributed by atoms with Crippen LogP contribution < -0.4 is 0 Å². The van der Waals surface area contributed by atoms with Crippen molar-refractivity contribution in [2.75, 3.05) is 0 Å². The SMILES string of the molecule is Cc1ccncc1C(=O)Cc1ccc2c(c1)CCC2. The van der Waals surface area contributed by atoms with Crippen molar-refractivity contribution in [2.24, 2.45) is 0 Å². The standard InChI is InChI=1S/C17H17NO/c1-12-7-8-18-11-16(12)17(19)10-13-5-6-14-3-2-4-15(14)9-13/h5-9,11H,2-4,10H2,1H3. The highest BCUT2D eigenvalue weighted by atomic mass is 16.1. The number of Topliss-reactive ketones (excluding diaryl/α,β-unsaturated/α-hetero) is 1. The minimum absolute atomic E-state index is 0.156. The van der Waals surface area contributed by atoms with Crippen LogP contribution in [0.1, 0.15) is 39.0 Å². The van der Waals surface area contributed by atoms with E-state index in [1.54, 1.807) is 12.4 Å². The van der Waals surface area contributed by atoms with Gasteiger partial charge in [-0.25, -0.2) is 0 Å². The van der Waals surface area contributed by atoms with Crippen molar-refractivity contribution < 1.29 is 4.79 Å². The van der Waals surface area contributed by atoms with Crippen LogP contribution in [0.25, 0.3) is 0 Å². The second-order valence-corrected chi connectivity index (χ2v) is 5.25. The fraction of sp³-hybridized carbons (Fsp3) is 0.294. The number of hydrogen-bond donors (Lipinski definition) is 0. The van der Waals surface area contributed by atoms with Gasteiger partial charge < -0.3 is 0 Å². The van der Waals surface area contributed by atoms with Gasteiger partial charge in [-0.2, -0.15) is 0 Å². The molecule has 2 heteroatoms. The first-order chi connectivity index (χ1) is 9.24. The molecule has 0 amide bonds. The van der Waals surface area contributed by atoms with Gasteiger partial charge in [0, 0.05) is 24.4 Å². The van der Waals surface area contributed by atoms with E-state index >= 15 is 0 Å². The molecule has 0 spiro atoms. The van der Waals surface area contributed by atoms with E-state index in [0.29, 0.717) is 6.42 Å². The van der Waals surface area contributed by atoms with Gasteiger partial charge in [0.25, 0.3) is 0 Å². The first kappa shape index (κ1) is 12.1. The largest absolute Gasteiger partial charge is 0.294 e. The molecule has 0 saturated heterocycles. The Balaban J connectivity index is 1.82. The summed E-state index contributed by atoms with van der Waals surface area (Å²) in [6.07, 6.45) is 7.45. The van der Waals surface area contributed by atoms with Gasteiger partial charge in [0.1, 0.15) is 0 Å². The van der Waals surface area contributed by atoms with Crippen LogP contribution in [0, 0.1) is 6.92 Å². The summed E-state index contributed by atoms with van der Waals surface area (Å²) in [6, 6.07) is 8.36. The maximum Gasteiger partial charge on any atom is 0.169 e. The van der Waals surface area contributed by atoms with E-state index in [9.17, 15) is 4.79 Å². The summed E-state index contributed by atoms with van der Waals surface area (Å²) in [6.45, 7) is 1.96. The summed E-state index contributed by atoms with van der Waals surface area (Å²) in [5.41, 5.74) is 5.74. The molecule has 19 heavy (non-hydrogen) atoms. The number of ketones is 1. The van der Waals surface area contributed by atoms with Crippen molar-refractivity contribution in [3.63, 3.8) is 0 Å². The van der Waals surface area contributed by atoms with E-state index in [1.807, 2.05) is 13.0 Å². The fourth-order valence-electron chi connectivity index (χ4n) is 2.77. The highest BCUT2D eigenvalue weighted by Gasteiger charge is 2.14. The third-order valence-corrected chi connectivity index (χ3v) is 3.87. The Morgan fingerprint density at radius 1 is 1.21 bits per heavy atom. The van der Waals surface area contributed by atoms with Crippen LogP contribution in [-0.4, -0.2) is 10.8 Å². The number of carbonyl (C=O) groups excluding carboxylic acids is 1. The van der Waals surface area contributed by atoms with E-state index in [-0.39, 0.29) is 5.78 Å². The molecule has 1 heterocycles. The monoisotopic (exact) mass is 251 g/mol. The van der Waals surface area contributed by atoms with Crippen molar-refractivity contribution in [3.8, 4) is 0 Å². The summed E-state index contributed by atoms with van der Waals surface area (Å²) in [7, 11) is 0. The minimum atomic E-state index is 0.156. The molecule has 0 fully saturated rings. The molecule has 1 aliphatic carbocycles. The lowest BCUT2D eigenvalue weighted by molar-refractivity contribution is 0.0992. The Morgan fingerprint density at radius 3 is 2.89 bits per heavy atom. The van der Waals surface area contributed by atoms with Gasteiger partial charge in [-0.1, -0.05) is 18.2 Å². The van der Waals surface area contributed by atoms with Crippen LogP contribution >= 0.6 is 0 Å². The summed E-state index contributed by atoms with van der Waals surface area (Å²) < 4.78 is 0. The van der Waals surface area contributed by atoms with Gasteiger partial charge in [0.15, 0.2) is 5.78 Å². The molecular weight excluding hydrogens is 234 g/mol. The van der Waals surface area contributed by atoms with E-state index in [4.69, 9.17) is 0 Å². The molecule has 1 aromatic carbocycles. The zero-order valence-corrected chi connectivity index (χ0v) is 11.1. The van der Waals surface area contributed by atoms with Crippen molar-refractivity contribution in [2.45, 2.75) is 32.6 Å². The number of fused-ring (bicyclic) bond motifs is 1. The van der Waals surface area contributed by atoms with E-state index in [2.05, 4.69) is 23.2 Å². The lowest BCUT2D eigenvalue weighted by atomic mass is 9.98. The Labute approximate surface area is 113 Å². The van der Waals surface area contributed by atoms with Crippen LogP contribution in [-0.2, 0) is 19.3 Å². The van der Waals surface area contributed by atoms with Crippen LogP contribution in [0.15, 0.2) is 36.7 Å². The highest BCUT2D eigenvalue weighted by Crippen LogP contribution is 2.23. The summed E-state index contributed by atoms with van der Waals surface area (Å²) in [5.74, 6) is 0.156. The summed E-state index contributed by atoms with van der Waals surface area (Å²) in [4.78, 5) is 16.3. The molecule has 2 nitrogen and oxygen atoms in total. The molecule has 0 N–H and O–H groups in total. The molecule has 0 aliphatic heterocycles. The third kappa shape index (κ3) is 2.43. The molecule has 0 radical (unpaired) electrons. The molecule has 2 aromatic rings. The van der Waals surface area contributed by atoms with Gasteiger partial charge in [0.2, 0.25) is 0 Å². The van der Waals surface area contributed by atoms with Crippen molar-refractivity contribution in [1.82, 2.24) is 4.98 Å². The van der Waals surface area contributed by atoms with E-state index in [1.165, 1.54) is 24.0 Å². The number of aromatic nitrogens is 1.